The van der Waals surface area contributed by atoms with E-state index in [1.165, 1.54) is 5.56 Å². The summed E-state index contributed by atoms with van der Waals surface area (Å²) in [4.78, 5) is 18.3. The maximum absolute atomic E-state index is 11.7. The Hall–Kier alpha value is -2.13. The second kappa shape index (κ2) is 13.9. The number of halogens is 1. The van der Waals surface area contributed by atoms with Crippen molar-refractivity contribution in [1.29, 1.82) is 0 Å². The van der Waals surface area contributed by atoms with Crippen molar-refractivity contribution in [3.8, 4) is 0 Å². The first kappa shape index (κ1) is 24.9. The molecule has 0 spiro atoms. The summed E-state index contributed by atoms with van der Waals surface area (Å²) >= 11 is 0. The number of hydrogen-bond acceptors (Lipinski definition) is 3. The van der Waals surface area contributed by atoms with Crippen LogP contribution in [0.5, 0.6) is 0 Å². The Labute approximate surface area is 191 Å². The van der Waals surface area contributed by atoms with Crippen molar-refractivity contribution < 1.29 is 4.79 Å². The highest BCUT2D eigenvalue weighted by Gasteiger charge is 2.04. The number of hydrogen-bond donors (Lipinski definition) is 3. The van der Waals surface area contributed by atoms with Gasteiger partial charge in [0.2, 0.25) is 0 Å². The molecule has 2 aromatic carbocycles. The van der Waals surface area contributed by atoms with Crippen molar-refractivity contribution in [2.24, 2.45) is 4.99 Å². The molecule has 3 N–H and O–H groups in total. The Morgan fingerprint density at radius 2 is 1.69 bits per heavy atom. The highest BCUT2D eigenvalue weighted by atomic mass is 127. The zero-order valence-electron chi connectivity index (χ0n) is 17.4. The third-order valence-electron chi connectivity index (χ3n) is 4.43. The quantitative estimate of drug-likeness (QED) is 0.276. The lowest BCUT2D eigenvalue weighted by molar-refractivity contribution is 0.0963. The SMILES string of the molecule is CN=C(NCCc1cccc(C(=O)NC)c1)NCCN(C)Cc1ccccc1.I. The number of aliphatic imine (C=N–C) groups is 1. The van der Waals surface area contributed by atoms with Crippen molar-refractivity contribution >= 4 is 35.8 Å². The Kier molecular flexibility index (Phi) is 12.0. The van der Waals surface area contributed by atoms with Crippen LogP contribution >= 0.6 is 24.0 Å². The van der Waals surface area contributed by atoms with Gasteiger partial charge in [0.1, 0.15) is 0 Å². The van der Waals surface area contributed by atoms with Gasteiger partial charge in [-0.1, -0.05) is 42.5 Å². The van der Waals surface area contributed by atoms with E-state index in [0.29, 0.717) is 5.56 Å². The molecule has 29 heavy (non-hydrogen) atoms. The Balaban J connectivity index is 0.00000420. The van der Waals surface area contributed by atoms with Crippen LogP contribution in [0.25, 0.3) is 0 Å². The summed E-state index contributed by atoms with van der Waals surface area (Å²) in [7, 11) is 5.53. The normalized spacial score (nSPS) is 11.0. The van der Waals surface area contributed by atoms with Gasteiger partial charge in [-0.3, -0.25) is 9.79 Å². The molecule has 7 heteroatoms. The number of rotatable bonds is 9. The molecule has 0 fully saturated rings. The van der Waals surface area contributed by atoms with Crippen molar-refractivity contribution in [1.82, 2.24) is 20.9 Å². The molecule has 6 nitrogen and oxygen atoms in total. The lowest BCUT2D eigenvalue weighted by Gasteiger charge is -2.18. The molecule has 0 aliphatic carbocycles. The van der Waals surface area contributed by atoms with Crippen molar-refractivity contribution in [2.45, 2.75) is 13.0 Å². The van der Waals surface area contributed by atoms with Gasteiger partial charge in [0.15, 0.2) is 5.96 Å². The van der Waals surface area contributed by atoms with E-state index in [1.807, 2.05) is 30.3 Å². The van der Waals surface area contributed by atoms with Crippen LogP contribution in [0, 0.1) is 0 Å². The molecule has 0 aliphatic heterocycles. The Morgan fingerprint density at radius 1 is 1.00 bits per heavy atom. The number of carbonyl (C=O) groups excluding carboxylic acids is 1. The van der Waals surface area contributed by atoms with Gasteiger partial charge in [-0.25, -0.2) is 0 Å². The third-order valence-corrected chi connectivity index (χ3v) is 4.43. The summed E-state index contributed by atoms with van der Waals surface area (Å²) in [6.45, 7) is 3.41. The molecule has 0 radical (unpaired) electrons. The number of likely N-dealkylation sites (N-methyl/N-ethyl adjacent to an activating group) is 1. The van der Waals surface area contributed by atoms with E-state index in [1.54, 1.807) is 14.1 Å². The fraction of sp³-hybridized carbons (Fsp3) is 0.364. The molecule has 0 unspecified atom stereocenters. The number of benzene rings is 2. The summed E-state index contributed by atoms with van der Waals surface area (Å²) in [5.74, 6) is 0.725. The maximum Gasteiger partial charge on any atom is 0.251 e. The van der Waals surface area contributed by atoms with Gasteiger partial charge in [-0.2, -0.15) is 0 Å². The molecular formula is C22H32IN5O. The van der Waals surface area contributed by atoms with E-state index in [2.05, 4.69) is 57.2 Å². The van der Waals surface area contributed by atoms with Gasteiger partial charge in [0, 0.05) is 45.8 Å². The van der Waals surface area contributed by atoms with E-state index in [-0.39, 0.29) is 29.9 Å². The van der Waals surface area contributed by atoms with E-state index >= 15 is 0 Å². The van der Waals surface area contributed by atoms with Gasteiger partial charge in [-0.05, 0) is 36.7 Å². The smallest absolute Gasteiger partial charge is 0.251 e. The summed E-state index contributed by atoms with van der Waals surface area (Å²) < 4.78 is 0. The monoisotopic (exact) mass is 509 g/mol. The first-order valence-electron chi connectivity index (χ1n) is 9.60. The lowest BCUT2D eigenvalue weighted by atomic mass is 10.1. The van der Waals surface area contributed by atoms with Gasteiger partial charge < -0.3 is 20.9 Å². The largest absolute Gasteiger partial charge is 0.356 e. The topological polar surface area (TPSA) is 68.8 Å². The van der Waals surface area contributed by atoms with E-state index in [9.17, 15) is 4.79 Å². The lowest BCUT2D eigenvalue weighted by Crippen LogP contribution is -2.41. The fourth-order valence-electron chi connectivity index (χ4n) is 2.90. The van der Waals surface area contributed by atoms with Crippen LogP contribution in [0.3, 0.4) is 0 Å². The third kappa shape index (κ3) is 9.27. The molecule has 158 valence electrons. The number of guanidine groups is 1. The molecule has 0 saturated heterocycles. The van der Waals surface area contributed by atoms with E-state index in [0.717, 1.165) is 44.1 Å². The molecule has 0 bridgehead atoms. The van der Waals surface area contributed by atoms with E-state index in [4.69, 9.17) is 0 Å². The highest BCUT2D eigenvalue weighted by molar-refractivity contribution is 14.0. The Morgan fingerprint density at radius 3 is 2.38 bits per heavy atom. The maximum atomic E-state index is 11.7. The predicted octanol–water partition coefficient (Wildman–Crippen LogP) is 2.50. The second-order valence-electron chi connectivity index (χ2n) is 6.68. The minimum atomic E-state index is -0.0630. The second-order valence-corrected chi connectivity index (χ2v) is 6.68. The minimum Gasteiger partial charge on any atom is -0.356 e. The number of nitrogens with zero attached hydrogens (tertiary/aromatic N) is 2. The number of carbonyl (C=O) groups is 1. The average molecular weight is 509 g/mol. The number of amides is 1. The summed E-state index contributed by atoms with van der Waals surface area (Å²) in [5, 5.41) is 9.32. The first-order valence-corrected chi connectivity index (χ1v) is 9.60. The minimum absolute atomic E-state index is 0. The summed E-state index contributed by atoms with van der Waals surface area (Å²) in [6, 6.07) is 18.1. The van der Waals surface area contributed by atoms with Gasteiger partial charge in [-0.15, -0.1) is 24.0 Å². The van der Waals surface area contributed by atoms with Crippen LogP contribution in [0.2, 0.25) is 0 Å². The zero-order valence-corrected chi connectivity index (χ0v) is 19.8. The molecule has 1 amide bonds. The summed E-state index contributed by atoms with van der Waals surface area (Å²) in [6.07, 6.45) is 0.819. The molecule has 2 aromatic rings. The fourth-order valence-corrected chi connectivity index (χ4v) is 2.90. The van der Waals surface area contributed by atoms with Crippen molar-refractivity contribution in [2.75, 3.05) is 40.8 Å². The van der Waals surface area contributed by atoms with Crippen molar-refractivity contribution in [3.63, 3.8) is 0 Å². The average Bonchev–Trinajstić information content (AvgIpc) is 2.73. The van der Waals surface area contributed by atoms with Crippen LogP contribution < -0.4 is 16.0 Å². The molecule has 0 atom stereocenters. The van der Waals surface area contributed by atoms with Crippen LogP contribution in [0.4, 0.5) is 0 Å². The Bertz CT molecular complexity index is 767. The van der Waals surface area contributed by atoms with Gasteiger partial charge >= 0.3 is 0 Å². The highest BCUT2D eigenvalue weighted by Crippen LogP contribution is 2.05. The van der Waals surface area contributed by atoms with Crippen molar-refractivity contribution in [3.05, 3.63) is 71.3 Å². The molecule has 0 aliphatic rings. The van der Waals surface area contributed by atoms with Crippen LogP contribution in [-0.4, -0.2) is 57.5 Å². The van der Waals surface area contributed by atoms with Crippen LogP contribution in [0.15, 0.2) is 59.6 Å². The first-order chi connectivity index (χ1) is 13.6. The molecule has 0 aromatic heterocycles. The molecule has 0 heterocycles. The molecular weight excluding hydrogens is 477 g/mol. The molecule has 0 saturated carbocycles. The van der Waals surface area contributed by atoms with Gasteiger partial charge in [0.05, 0.1) is 0 Å². The number of nitrogens with one attached hydrogen (secondary N) is 3. The molecule has 2 rings (SSSR count). The van der Waals surface area contributed by atoms with E-state index < -0.39 is 0 Å². The van der Waals surface area contributed by atoms with Crippen LogP contribution in [0.1, 0.15) is 21.5 Å². The summed E-state index contributed by atoms with van der Waals surface area (Å²) in [5.41, 5.74) is 3.11. The van der Waals surface area contributed by atoms with Gasteiger partial charge in [0.25, 0.3) is 5.91 Å². The zero-order chi connectivity index (χ0) is 20.2. The standard InChI is InChI=1S/C22H31N5O.HI/c1-23-21(28)20-11-7-10-18(16-20)12-13-25-22(24-2)26-14-15-27(3)17-19-8-5-4-6-9-19;/h4-11,16H,12-15,17H2,1-3H3,(H,23,28)(H2,24,25,26);1H. The van der Waals surface area contributed by atoms with Crippen LogP contribution in [-0.2, 0) is 13.0 Å². The predicted molar refractivity (Wildman–Crippen MR) is 131 cm³/mol.